The number of hydrogen-bond donors (Lipinski definition) is 1. The molecule has 12 heavy (non-hydrogen) atoms. The van der Waals surface area contributed by atoms with Gasteiger partial charge in [0, 0.05) is 19.7 Å². The highest BCUT2D eigenvalue weighted by Gasteiger charge is 2.27. The molecule has 4 nitrogen and oxygen atoms in total. The fourth-order valence-electron chi connectivity index (χ4n) is 1.52. The van der Waals surface area contributed by atoms with Gasteiger partial charge in [-0.15, -0.1) is 0 Å². The molecule has 0 bridgehead atoms. The van der Waals surface area contributed by atoms with Gasteiger partial charge in [-0.25, -0.2) is 12.7 Å². The van der Waals surface area contributed by atoms with E-state index in [1.165, 1.54) is 10.6 Å². The molecule has 1 saturated heterocycles. The van der Waals surface area contributed by atoms with Crippen LogP contribution in [0, 0.1) is 5.92 Å². The first kappa shape index (κ1) is 9.95. The fraction of sp³-hybridized carbons (Fsp3) is 1.00. The molecule has 1 aliphatic rings. The van der Waals surface area contributed by atoms with E-state index < -0.39 is 10.0 Å². The predicted octanol–water partition coefficient (Wildman–Crippen LogP) is -0.350. The van der Waals surface area contributed by atoms with Crippen LogP contribution >= 0.6 is 0 Å². The van der Waals surface area contributed by atoms with E-state index in [0.29, 0.717) is 25.4 Å². The van der Waals surface area contributed by atoms with Crippen LogP contribution in [0.1, 0.15) is 12.8 Å². The second-order valence-electron chi connectivity index (χ2n) is 3.29. The van der Waals surface area contributed by atoms with Crippen molar-refractivity contribution in [2.75, 3.05) is 26.0 Å². The van der Waals surface area contributed by atoms with Crippen LogP contribution in [-0.2, 0) is 10.0 Å². The van der Waals surface area contributed by atoms with E-state index in [9.17, 15) is 8.42 Å². The van der Waals surface area contributed by atoms with Gasteiger partial charge in [-0.2, -0.15) is 0 Å². The molecule has 1 heterocycles. The summed E-state index contributed by atoms with van der Waals surface area (Å²) in [4.78, 5) is 0. The van der Waals surface area contributed by atoms with Crippen LogP contribution in [0.2, 0.25) is 0 Å². The maximum atomic E-state index is 11.0. The Bertz CT molecular complexity index is 237. The van der Waals surface area contributed by atoms with Crippen molar-refractivity contribution >= 4 is 10.0 Å². The molecule has 0 amide bonds. The molecule has 0 aromatic carbocycles. The van der Waals surface area contributed by atoms with Crippen molar-refractivity contribution in [1.82, 2.24) is 4.31 Å². The average molecular weight is 193 g/mol. The van der Waals surface area contributed by atoms with Crippen molar-refractivity contribution in [3.63, 3.8) is 0 Å². The molecule has 72 valence electrons. The summed E-state index contributed by atoms with van der Waals surface area (Å²) < 4.78 is 23.6. The van der Waals surface area contributed by atoms with E-state index >= 15 is 0 Å². The van der Waals surface area contributed by atoms with Crippen LogP contribution in [0.3, 0.4) is 0 Å². The molecule has 1 aliphatic heterocycles. The lowest BCUT2D eigenvalue weighted by molar-refractivity contribution is 0.260. The molecule has 0 spiro atoms. The van der Waals surface area contributed by atoms with E-state index in [0.717, 1.165) is 6.42 Å². The summed E-state index contributed by atoms with van der Waals surface area (Å²) in [5, 5.41) is 8.65. The van der Waals surface area contributed by atoms with Crippen molar-refractivity contribution in [1.29, 1.82) is 0 Å². The highest BCUT2D eigenvalue weighted by molar-refractivity contribution is 7.88. The second kappa shape index (κ2) is 3.72. The summed E-state index contributed by atoms with van der Waals surface area (Å²) in [7, 11) is -3.00. The van der Waals surface area contributed by atoms with Crippen molar-refractivity contribution in [2.45, 2.75) is 12.8 Å². The lowest BCUT2D eigenvalue weighted by Gasteiger charge is -2.12. The molecule has 1 fully saturated rings. The average Bonchev–Trinajstić information content (AvgIpc) is 2.35. The normalized spacial score (nSPS) is 26.3. The first-order valence-corrected chi connectivity index (χ1v) is 5.95. The molecule has 0 unspecified atom stereocenters. The Morgan fingerprint density at radius 3 is 2.67 bits per heavy atom. The zero-order valence-electron chi connectivity index (χ0n) is 7.23. The third-order valence-corrected chi connectivity index (χ3v) is 3.52. The third-order valence-electron chi connectivity index (χ3n) is 2.25. The lowest BCUT2D eigenvalue weighted by atomic mass is 10.1. The molecule has 1 rings (SSSR count). The number of nitrogens with zero attached hydrogens (tertiary/aromatic N) is 1. The SMILES string of the molecule is CS(=O)(=O)N1CC[C@@H](CCO)C1. The first-order valence-electron chi connectivity index (χ1n) is 4.10. The van der Waals surface area contributed by atoms with E-state index in [-0.39, 0.29) is 6.61 Å². The van der Waals surface area contributed by atoms with Crippen LogP contribution in [-0.4, -0.2) is 43.8 Å². The summed E-state index contributed by atoms with van der Waals surface area (Å²) in [5.74, 6) is 0.352. The van der Waals surface area contributed by atoms with Crippen LogP contribution < -0.4 is 0 Å². The fourth-order valence-corrected chi connectivity index (χ4v) is 2.44. The molecule has 1 N–H and O–H groups in total. The van der Waals surface area contributed by atoms with Crippen LogP contribution in [0.15, 0.2) is 0 Å². The third kappa shape index (κ3) is 2.43. The van der Waals surface area contributed by atoms with Crippen molar-refractivity contribution < 1.29 is 13.5 Å². The van der Waals surface area contributed by atoms with Gasteiger partial charge in [-0.05, 0) is 18.8 Å². The van der Waals surface area contributed by atoms with Crippen LogP contribution in [0.25, 0.3) is 0 Å². The smallest absolute Gasteiger partial charge is 0.211 e. The zero-order chi connectivity index (χ0) is 9.19. The quantitative estimate of drug-likeness (QED) is 0.666. The molecule has 0 aliphatic carbocycles. The highest BCUT2D eigenvalue weighted by atomic mass is 32.2. The van der Waals surface area contributed by atoms with E-state index in [1.54, 1.807) is 0 Å². The van der Waals surface area contributed by atoms with Gasteiger partial charge in [0.1, 0.15) is 0 Å². The van der Waals surface area contributed by atoms with Crippen LogP contribution in [0.5, 0.6) is 0 Å². The van der Waals surface area contributed by atoms with Gasteiger partial charge in [0.25, 0.3) is 0 Å². The van der Waals surface area contributed by atoms with Gasteiger partial charge < -0.3 is 5.11 Å². The monoisotopic (exact) mass is 193 g/mol. The number of aliphatic hydroxyl groups excluding tert-OH is 1. The lowest BCUT2D eigenvalue weighted by Crippen LogP contribution is -2.27. The molecular weight excluding hydrogens is 178 g/mol. The number of rotatable bonds is 3. The van der Waals surface area contributed by atoms with Gasteiger partial charge in [0.15, 0.2) is 0 Å². The summed E-state index contributed by atoms with van der Waals surface area (Å²) in [6.07, 6.45) is 2.83. The number of sulfonamides is 1. The van der Waals surface area contributed by atoms with Gasteiger partial charge in [-0.3, -0.25) is 0 Å². The van der Waals surface area contributed by atoms with Gasteiger partial charge in [0.2, 0.25) is 10.0 Å². The molecule has 1 atom stereocenters. The van der Waals surface area contributed by atoms with Crippen molar-refractivity contribution in [3.05, 3.63) is 0 Å². The Hall–Kier alpha value is -0.130. The minimum absolute atomic E-state index is 0.155. The van der Waals surface area contributed by atoms with Crippen LogP contribution in [0.4, 0.5) is 0 Å². The second-order valence-corrected chi connectivity index (χ2v) is 5.27. The largest absolute Gasteiger partial charge is 0.396 e. The first-order chi connectivity index (χ1) is 5.54. The Labute approximate surface area is 73.2 Å². The molecule has 0 aromatic rings. The summed E-state index contributed by atoms with van der Waals surface area (Å²) in [6, 6.07) is 0. The highest BCUT2D eigenvalue weighted by Crippen LogP contribution is 2.20. The summed E-state index contributed by atoms with van der Waals surface area (Å²) in [6.45, 7) is 1.35. The zero-order valence-corrected chi connectivity index (χ0v) is 8.05. The van der Waals surface area contributed by atoms with Gasteiger partial charge in [-0.1, -0.05) is 0 Å². The van der Waals surface area contributed by atoms with Crippen molar-refractivity contribution in [2.24, 2.45) is 5.92 Å². The standard InChI is InChI=1S/C7H15NO3S/c1-12(10,11)8-4-2-7(6-8)3-5-9/h7,9H,2-6H2,1H3/t7-/m0/s1. The maximum absolute atomic E-state index is 11.0. The summed E-state index contributed by atoms with van der Waals surface area (Å²) >= 11 is 0. The van der Waals surface area contributed by atoms with E-state index in [1.807, 2.05) is 0 Å². The van der Waals surface area contributed by atoms with E-state index in [4.69, 9.17) is 5.11 Å². The number of hydrogen-bond acceptors (Lipinski definition) is 3. The Morgan fingerprint density at radius 1 is 1.58 bits per heavy atom. The van der Waals surface area contributed by atoms with Gasteiger partial charge >= 0.3 is 0 Å². The molecule has 0 saturated carbocycles. The topological polar surface area (TPSA) is 57.6 Å². The Balaban J connectivity index is 2.46. The molecule has 0 aromatic heterocycles. The molecule has 0 radical (unpaired) electrons. The Morgan fingerprint density at radius 2 is 2.25 bits per heavy atom. The minimum Gasteiger partial charge on any atom is -0.396 e. The Kier molecular flexibility index (Phi) is 3.09. The van der Waals surface area contributed by atoms with Crippen molar-refractivity contribution in [3.8, 4) is 0 Å². The number of aliphatic hydroxyl groups is 1. The van der Waals surface area contributed by atoms with E-state index in [2.05, 4.69) is 0 Å². The molecule has 5 heteroatoms. The summed E-state index contributed by atoms with van der Waals surface area (Å²) in [5.41, 5.74) is 0. The van der Waals surface area contributed by atoms with Gasteiger partial charge in [0.05, 0.1) is 6.26 Å². The maximum Gasteiger partial charge on any atom is 0.211 e. The molecular formula is C7H15NO3S. The predicted molar refractivity (Wildman–Crippen MR) is 46.2 cm³/mol. The minimum atomic E-state index is -3.00.